The first kappa shape index (κ1) is 16.2. The van der Waals surface area contributed by atoms with Crippen molar-refractivity contribution in [3.8, 4) is 0 Å². The smallest absolute Gasteiger partial charge is 0.0971 e. The molecule has 1 saturated heterocycles. The summed E-state index contributed by atoms with van der Waals surface area (Å²) in [5, 5.41) is 0. The first-order chi connectivity index (χ1) is 9.37. The van der Waals surface area contributed by atoms with Gasteiger partial charge in [-0.2, -0.15) is 0 Å². The highest BCUT2D eigenvalue weighted by atomic mass is 16.5. The number of nitrogens with two attached hydrogens (primary N) is 1. The van der Waals surface area contributed by atoms with Crippen molar-refractivity contribution in [2.24, 2.45) is 11.1 Å². The van der Waals surface area contributed by atoms with Gasteiger partial charge in [-0.1, -0.05) is 13.8 Å². The number of methoxy groups -OCH3 is 2. The summed E-state index contributed by atoms with van der Waals surface area (Å²) in [5.74, 6) is 0. The van der Waals surface area contributed by atoms with Crippen molar-refractivity contribution in [2.75, 3.05) is 40.5 Å². The van der Waals surface area contributed by atoms with Gasteiger partial charge in [0.1, 0.15) is 0 Å². The van der Waals surface area contributed by atoms with Crippen LogP contribution in [0.15, 0.2) is 0 Å². The molecule has 0 bridgehead atoms. The molecule has 2 fully saturated rings. The molecule has 4 unspecified atom stereocenters. The second-order valence-electron chi connectivity index (χ2n) is 6.77. The lowest BCUT2D eigenvalue weighted by Crippen LogP contribution is -2.73. The quantitative estimate of drug-likeness (QED) is 0.785. The minimum absolute atomic E-state index is 0.0107. The maximum absolute atomic E-state index is 6.65. The van der Waals surface area contributed by atoms with Crippen LogP contribution in [0, 0.1) is 5.41 Å². The maximum Gasteiger partial charge on any atom is 0.0971 e. The Hall–Kier alpha value is -0.200. The normalized spacial score (nSPS) is 40.8. The molecule has 0 aromatic rings. The number of ether oxygens (including phenoxy) is 3. The lowest BCUT2D eigenvalue weighted by atomic mass is 9.54. The molecule has 0 radical (unpaired) electrons. The van der Waals surface area contributed by atoms with Crippen molar-refractivity contribution in [1.82, 2.24) is 4.90 Å². The highest BCUT2D eigenvalue weighted by Crippen LogP contribution is 2.50. The molecule has 1 heterocycles. The van der Waals surface area contributed by atoms with Crippen LogP contribution in [0.1, 0.15) is 27.2 Å². The summed E-state index contributed by atoms with van der Waals surface area (Å²) in [6.07, 6.45) is 1.50. The van der Waals surface area contributed by atoms with Crippen LogP contribution in [0.5, 0.6) is 0 Å². The summed E-state index contributed by atoms with van der Waals surface area (Å²) >= 11 is 0. The Balaban J connectivity index is 1.94. The van der Waals surface area contributed by atoms with Crippen molar-refractivity contribution < 1.29 is 14.2 Å². The van der Waals surface area contributed by atoms with E-state index in [1.54, 1.807) is 14.2 Å². The van der Waals surface area contributed by atoms with Gasteiger partial charge in [-0.15, -0.1) is 0 Å². The molecule has 4 atom stereocenters. The lowest BCUT2D eigenvalue weighted by Gasteiger charge is -2.60. The Bertz CT molecular complexity index is 325. The van der Waals surface area contributed by atoms with Crippen LogP contribution in [0.3, 0.4) is 0 Å². The number of hydrogen-bond acceptors (Lipinski definition) is 5. The summed E-state index contributed by atoms with van der Waals surface area (Å²) in [6, 6.07) is 0. The van der Waals surface area contributed by atoms with Crippen molar-refractivity contribution >= 4 is 0 Å². The second-order valence-corrected chi connectivity index (χ2v) is 6.77. The summed E-state index contributed by atoms with van der Waals surface area (Å²) in [7, 11) is 3.49. The average Bonchev–Trinajstić information content (AvgIpc) is 2.80. The van der Waals surface area contributed by atoms with Crippen molar-refractivity contribution in [3.63, 3.8) is 0 Å². The van der Waals surface area contributed by atoms with E-state index < -0.39 is 0 Å². The van der Waals surface area contributed by atoms with Gasteiger partial charge in [-0.25, -0.2) is 0 Å². The maximum atomic E-state index is 6.65. The molecule has 1 aliphatic carbocycles. The molecule has 2 rings (SSSR count). The Morgan fingerprint density at radius 2 is 1.70 bits per heavy atom. The third-order valence-electron chi connectivity index (χ3n) is 5.41. The fourth-order valence-electron chi connectivity index (χ4n) is 3.57. The molecule has 0 aromatic carbocycles. The molecule has 5 heteroatoms. The van der Waals surface area contributed by atoms with Crippen LogP contribution in [0.4, 0.5) is 0 Å². The molecule has 2 aliphatic rings. The summed E-state index contributed by atoms with van der Waals surface area (Å²) in [5.41, 5.74) is 6.48. The van der Waals surface area contributed by atoms with Crippen LogP contribution in [-0.4, -0.2) is 69.2 Å². The van der Waals surface area contributed by atoms with E-state index in [1.165, 1.54) is 0 Å². The summed E-state index contributed by atoms with van der Waals surface area (Å²) in [6.45, 7) is 9.89. The highest BCUT2D eigenvalue weighted by Gasteiger charge is 2.59. The largest absolute Gasteiger partial charge is 0.378 e. The predicted molar refractivity (Wildman–Crippen MR) is 78.8 cm³/mol. The zero-order valence-electron chi connectivity index (χ0n) is 13.5. The van der Waals surface area contributed by atoms with Gasteiger partial charge in [-0.05, 0) is 13.3 Å². The SMILES string of the molecule is CCOC1CC(N)(CN2CC(OC)C(OC)C2)C1(C)C. The molecule has 20 heavy (non-hydrogen) atoms. The Kier molecular flexibility index (Phi) is 4.76. The van der Waals surface area contributed by atoms with Gasteiger partial charge in [0.15, 0.2) is 0 Å². The van der Waals surface area contributed by atoms with Gasteiger partial charge in [-0.3, -0.25) is 4.90 Å². The predicted octanol–water partition coefficient (Wildman–Crippen LogP) is 0.865. The summed E-state index contributed by atoms with van der Waals surface area (Å²) in [4.78, 5) is 2.37. The third kappa shape index (κ3) is 2.62. The fraction of sp³-hybridized carbons (Fsp3) is 1.00. The molecule has 1 aliphatic heterocycles. The van der Waals surface area contributed by atoms with E-state index in [0.29, 0.717) is 0 Å². The van der Waals surface area contributed by atoms with Crippen LogP contribution < -0.4 is 5.73 Å². The molecule has 0 amide bonds. The Morgan fingerprint density at radius 1 is 1.15 bits per heavy atom. The van der Waals surface area contributed by atoms with Gasteiger partial charge in [0.05, 0.1) is 18.3 Å². The zero-order valence-corrected chi connectivity index (χ0v) is 13.5. The molecule has 2 N–H and O–H groups in total. The molecular formula is C15H30N2O3. The Morgan fingerprint density at radius 3 is 2.10 bits per heavy atom. The van der Waals surface area contributed by atoms with Gasteiger partial charge in [0.2, 0.25) is 0 Å². The number of nitrogens with zero attached hydrogens (tertiary/aromatic N) is 1. The van der Waals surface area contributed by atoms with Gasteiger partial charge in [0, 0.05) is 51.4 Å². The van der Waals surface area contributed by atoms with E-state index in [2.05, 4.69) is 18.7 Å². The van der Waals surface area contributed by atoms with E-state index in [-0.39, 0.29) is 29.3 Å². The first-order valence-electron chi connectivity index (χ1n) is 7.56. The molecular weight excluding hydrogens is 256 g/mol. The van der Waals surface area contributed by atoms with Crippen molar-refractivity contribution in [2.45, 2.75) is 51.0 Å². The molecule has 0 spiro atoms. The molecule has 118 valence electrons. The van der Waals surface area contributed by atoms with Crippen molar-refractivity contribution in [1.29, 1.82) is 0 Å². The van der Waals surface area contributed by atoms with E-state index in [0.717, 1.165) is 32.7 Å². The Labute approximate surface area is 122 Å². The van der Waals surface area contributed by atoms with E-state index >= 15 is 0 Å². The van der Waals surface area contributed by atoms with Crippen molar-refractivity contribution in [3.05, 3.63) is 0 Å². The average molecular weight is 286 g/mol. The molecule has 0 aromatic heterocycles. The van der Waals surface area contributed by atoms with Gasteiger partial charge >= 0.3 is 0 Å². The topological polar surface area (TPSA) is 57.0 Å². The van der Waals surface area contributed by atoms with E-state index in [1.807, 2.05) is 6.92 Å². The highest BCUT2D eigenvalue weighted by molar-refractivity contribution is 5.15. The minimum Gasteiger partial charge on any atom is -0.378 e. The standard InChI is InChI=1S/C15H30N2O3/c1-6-20-13-7-15(16,14(13,2)3)10-17-8-11(18-4)12(9-17)19-5/h11-13H,6-10,16H2,1-5H3. The number of hydrogen-bond donors (Lipinski definition) is 1. The van der Waals surface area contributed by atoms with E-state index in [9.17, 15) is 0 Å². The van der Waals surface area contributed by atoms with Crippen LogP contribution in [0.25, 0.3) is 0 Å². The second kappa shape index (κ2) is 5.89. The zero-order chi connectivity index (χ0) is 15.0. The van der Waals surface area contributed by atoms with E-state index in [4.69, 9.17) is 19.9 Å². The van der Waals surface area contributed by atoms with Crippen LogP contribution in [-0.2, 0) is 14.2 Å². The fourth-order valence-corrected chi connectivity index (χ4v) is 3.57. The molecule has 1 saturated carbocycles. The monoisotopic (exact) mass is 286 g/mol. The van der Waals surface area contributed by atoms with Gasteiger partial charge in [0.25, 0.3) is 0 Å². The molecule has 5 nitrogen and oxygen atoms in total. The first-order valence-corrected chi connectivity index (χ1v) is 7.56. The van der Waals surface area contributed by atoms with Crippen LogP contribution >= 0.6 is 0 Å². The summed E-state index contributed by atoms with van der Waals surface area (Å²) < 4.78 is 16.8. The number of rotatable bonds is 6. The third-order valence-corrected chi connectivity index (χ3v) is 5.41. The van der Waals surface area contributed by atoms with Gasteiger partial charge < -0.3 is 19.9 Å². The lowest BCUT2D eigenvalue weighted by molar-refractivity contribution is -0.155. The van der Waals surface area contributed by atoms with Crippen LogP contribution in [0.2, 0.25) is 0 Å². The number of likely N-dealkylation sites (tertiary alicyclic amines) is 1. The minimum atomic E-state index is -0.187.